The highest BCUT2D eigenvalue weighted by Gasteiger charge is 2.37. The summed E-state index contributed by atoms with van der Waals surface area (Å²) in [6.45, 7) is 6.65. The molecule has 0 saturated carbocycles. The topological polar surface area (TPSA) is 65.2 Å². The zero-order valence-electron chi connectivity index (χ0n) is 11.6. The van der Waals surface area contributed by atoms with Gasteiger partial charge in [0.2, 0.25) is 11.7 Å². The normalized spacial score (nSPS) is 20.2. The first-order valence-electron chi connectivity index (χ1n) is 6.75. The Balaban J connectivity index is 2.25. The Morgan fingerprint density at radius 3 is 2.68 bits per heavy atom. The van der Waals surface area contributed by atoms with E-state index in [9.17, 15) is 4.79 Å². The molecule has 1 aliphatic rings. The summed E-state index contributed by atoms with van der Waals surface area (Å²) in [5, 5.41) is 4.06. The van der Waals surface area contributed by atoms with Crippen molar-refractivity contribution >= 4 is 17.5 Å². The van der Waals surface area contributed by atoms with Crippen molar-refractivity contribution in [2.45, 2.75) is 45.1 Å². The molecular formula is C13H20N2O3S. The first kappa shape index (κ1) is 14.5. The van der Waals surface area contributed by atoms with E-state index < -0.39 is 5.60 Å². The van der Waals surface area contributed by atoms with Gasteiger partial charge in [-0.2, -0.15) is 16.7 Å². The van der Waals surface area contributed by atoms with E-state index in [1.54, 1.807) is 11.8 Å². The van der Waals surface area contributed by atoms with Crippen LogP contribution in [0.5, 0.6) is 0 Å². The fraction of sp³-hybridized carbons (Fsp3) is 0.769. The largest absolute Gasteiger partial charge is 0.367 e. The Kier molecular flexibility index (Phi) is 4.62. The second-order valence-corrected chi connectivity index (χ2v) is 5.65. The minimum Gasteiger partial charge on any atom is -0.367 e. The number of carbonyl (C=O) groups is 1. The average Bonchev–Trinajstić information content (AvgIpc) is 3.04. The van der Waals surface area contributed by atoms with Crippen molar-refractivity contribution in [1.82, 2.24) is 10.1 Å². The van der Waals surface area contributed by atoms with Crippen LogP contribution in [-0.4, -0.2) is 34.0 Å². The van der Waals surface area contributed by atoms with E-state index in [0.717, 1.165) is 18.6 Å². The fourth-order valence-electron chi connectivity index (χ4n) is 2.35. The highest BCUT2D eigenvalue weighted by atomic mass is 32.2. The van der Waals surface area contributed by atoms with Gasteiger partial charge in [0.1, 0.15) is 11.5 Å². The summed E-state index contributed by atoms with van der Waals surface area (Å²) in [5.74, 6) is 2.23. The SMILES string of the molecule is CCOC(CC)(CC)c1noc(C2CSCC2=O)n1. The van der Waals surface area contributed by atoms with Crippen molar-refractivity contribution in [3.05, 3.63) is 11.7 Å². The van der Waals surface area contributed by atoms with Crippen LogP contribution in [0.1, 0.15) is 51.2 Å². The number of thioether (sulfide) groups is 1. The van der Waals surface area contributed by atoms with Gasteiger partial charge in [0.15, 0.2) is 5.78 Å². The lowest BCUT2D eigenvalue weighted by Gasteiger charge is -2.27. The zero-order valence-corrected chi connectivity index (χ0v) is 12.5. The first-order valence-corrected chi connectivity index (χ1v) is 7.90. The summed E-state index contributed by atoms with van der Waals surface area (Å²) < 4.78 is 11.1. The second kappa shape index (κ2) is 6.05. The van der Waals surface area contributed by atoms with Gasteiger partial charge < -0.3 is 9.26 Å². The third kappa shape index (κ3) is 2.69. The molecule has 1 aliphatic heterocycles. The first-order chi connectivity index (χ1) is 9.16. The van der Waals surface area contributed by atoms with Crippen LogP contribution in [0.3, 0.4) is 0 Å². The van der Waals surface area contributed by atoms with Crippen LogP contribution in [0, 0.1) is 0 Å². The Hall–Kier alpha value is -0.880. The van der Waals surface area contributed by atoms with Gasteiger partial charge in [-0.3, -0.25) is 4.79 Å². The molecule has 19 heavy (non-hydrogen) atoms. The van der Waals surface area contributed by atoms with E-state index >= 15 is 0 Å². The van der Waals surface area contributed by atoms with E-state index in [1.165, 1.54) is 0 Å². The molecule has 1 aromatic heterocycles. The van der Waals surface area contributed by atoms with Crippen LogP contribution >= 0.6 is 11.8 Å². The minimum absolute atomic E-state index is 0.176. The van der Waals surface area contributed by atoms with Gasteiger partial charge in [0.25, 0.3) is 0 Å². The number of aromatic nitrogens is 2. The van der Waals surface area contributed by atoms with Gasteiger partial charge >= 0.3 is 0 Å². The van der Waals surface area contributed by atoms with Gasteiger partial charge in [-0.25, -0.2) is 0 Å². The van der Waals surface area contributed by atoms with E-state index in [2.05, 4.69) is 10.1 Å². The summed E-state index contributed by atoms with van der Waals surface area (Å²) in [6.07, 6.45) is 1.56. The Morgan fingerprint density at radius 1 is 1.42 bits per heavy atom. The van der Waals surface area contributed by atoms with Crippen LogP contribution in [0.4, 0.5) is 0 Å². The fourth-order valence-corrected chi connectivity index (χ4v) is 3.44. The third-order valence-electron chi connectivity index (χ3n) is 3.63. The summed E-state index contributed by atoms with van der Waals surface area (Å²) in [7, 11) is 0. The van der Waals surface area contributed by atoms with Crippen molar-refractivity contribution in [1.29, 1.82) is 0 Å². The molecule has 0 spiro atoms. The third-order valence-corrected chi connectivity index (χ3v) is 4.69. The molecule has 2 heterocycles. The molecule has 1 saturated heterocycles. The maximum atomic E-state index is 11.7. The standard InChI is InChI=1S/C13H20N2O3S/c1-4-13(5-2,17-6-3)12-14-11(18-15-12)9-7-19-8-10(9)16/h9H,4-8H2,1-3H3. The highest BCUT2D eigenvalue weighted by Crippen LogP contribution is 2.34. The molecule has 0 bridgehead atoms. The maximum Gasteiger partial charge on any atom is 0.238 e. The van der Waals surface area contributed by atoms with E-state index in [4.69, 9.17) is 9.26 Å². The maximum absolute atomic E-state index is 11.7. The lowest BCUT2D eigenvalue weighted by Crippen LogP contribution is -2.30. The number of carbonyl (C=O) groups excluding carboxylic acids is 1. The second-order valence-electron chi connectivity index (χ2n) is 4.62. The van der Waals surface area contributed by atoms with Crippen molar-refractivity contribution in [3.8, 4) is 0 Å². The number of nitrogens with zero attached hydrogens (tertiary/aromatic N) is 2. The number of hydrogen-bond acceptors (Lipinski definition) is 6. The lowest BCUT2D eigenvalue weighted by molar-refractivity contribution is -0.117. The summed E-state index contributed by atoms with van der Waals surface area (Å²) >= 11 is 1.62. The molecule has 1 unspecified atom stereocenters. The number of rotatable bonds is 6. The number of ketones is 1. The van der Waals surface area contributed by atoms with Gasteiger partial charge in [0, 0.05) is 12.4 Å². The van der Waals surface area contributed by atoms with Crippen LogP contribution in [-0.2, 0) is 15.1 Å². The van der Waals surface area contributed by atoms with Crippen molar-refractivity contribution in [3.63, 3.8) is 0 Å². The number of Topliss-reactive ketones (excluding diaryl/α,β-unsaturated/α-hetero) is 1. The average molecular weight is 284 g/mol. The predicted octanol–water partition coefficient (Wildman–Crippen LogP) is 2.52. The number of ether oxygens (including phenoxy) is 1. The molecule has 6 heteroatoms. The molecule has 0 radical (unpaired) electrons. The lowest BCUT2D eigenvalue weighted by atomic mass is 9.96. The summed E-state index contributed by atoms with van der Waals surface area (Å²) in [5.41, 5.74) is -0.495. The summed E-state index contributed by atoms with van der Waals surface area (Å²) in [6, 6.07) is 0. The molecule has 106 valence electrons. The number of hydrogen-bond donors (Lipinski definition) is 0. The van der Waals surface area contributed by atoms with E-state index in [0.29, 0.717) is 24.1 Å². The molecule has 0 amide bonds. The van der Waals surface area contributed by atoms with Crippen molar-refractivity contribution < 1.29 is 14.1 Å². The van der Waals surface area contributed by atoms with Crippen LogP contribution in [0.2, 0.25) is 0 Å². The Bertz CT molecular complexity index is 443. The monoisotopic (exact) mass is 284 g/mol. The van der Waals surface area contributed by atoms with E-state index in [1.807, 2.05) is 20.8 Å². The Morgan fingerprint density at radius 2 is 2.16 bits per heavy atom. The van der Waals surface area contributed by atoms with Crippen LogP contribution < -0.4 is 0 Å². The Labute approximate surface area is 117 Å². The van der Waals surface area contributed by atoms with Crippen molar-refractivity contribution in [2.75, 3.05) is 18.1 Å². The molecule has 1 atom stereocenters. The molecule has 5 nitrogen and oxygen atoms in total. The van der Waals surface area contributed by atoms with Crippen LogP contribution in [0.15, 0.2) is 4.52 Å². The molecule has 0 aromatic carbocycles. The predicted molar refractivity (Wildman–Crippen MR) is 73.3 cm³/mol. The van der Waals surface area contributed by atoms with Crippen LogP contribution in [0.25, 0.3) is 0 Å². The van der Waals surface area contributed by atoms with Gasteiger partial charge in [-0.1, -0.05) is 19.0 Å². The van der Waals surface area contributed by atoms with Crippen molar-refractivity contribution in [2.24, 2.45) is 0 Å². The van der Waals surface area contributed by atoms with Gasteiger partial charge in [-0.15, -0.1) is 0 Å². The van der Waals surface area contributed by atoms with E-state index in [-0.39, 0.29) is 11.7 Å². The molecule has 1 aromatic rings. The molecular weight excluding hydrogens is 264 g/mol. The smallest absolute Gasteiger partial charge is 0.238 e. The zero-order chi connectivity index (χ0) is 13.9. The molecule has 0 N–H and O–H groups in total. The highest BCUT2D eigenvalue weighted by molar-refractivity contribution is 8.00. The molecule has 0 aliphatic carbocycles. The minimum atomic E-state index is -0.495. The summed E-state index contributed by atoms with van der Waals surface area (Å²) in [4.78, 5) is 16.2. The quantitative estimate of drug-likeness (QED) is 0.799. The van der Waals surface area contributed by atoms with Gasteiger partial charge in [-0.05, 0) is 19.8 Å². The molecule has 2 rings (SSSR count). The van der Waals surface area contributed by atoms with Gasteiger partial charge in [0.05, 0.1) is 5.75 Å². The molecule has 1 fully saturated rings.